The molecule has 1 N–H and O–H groups in total. The Morgan fingerprint density at radius 1 is 1.11 bits per heavy atom. The molecule has 0 atom stereocenters. The van der Waals surface area contributed by atoms with Gasteiger partial charge in [0, 0.05) is 30.6 Å². The van der Waals surface area contributed by atoms with E-state index in [0.717, 1.165) is 74.7 Å². The Bertz CT molecular complexity index is 789. The highest BCUT2D eigenvalue weighted by Crippen LogP contribution is 2.30. The molecule has 1 amide bonds. The number of aromatic nitrogens is 2. The standard InChI is InChI=1S/C22H29ClN4O/c23-19-7-5-6-17(14-19)16-26-12-8-18(9-13-26)21-20(15-24-25-21)22(28)27-10-3-1-2-4-11-27/h5-7,14-15,18H,1-4,8-13,16H2,(H,24,25). The molecule has 0 bridgehead atoms. The maximum absolute atomic E-state index is 13.1. The van der Waals surface area contributed by atoms with Crippen molar-refractivity contribution in [3.05, 3.63) is 52.3 Å². The van der Waals surface area contributed by atoms with Gasteiger partial charge in [-0.3, -0.25) is 14.8 Å². The van der Waals surface area contributed by atoms with E-state index in [1.54, 1.807) is 6.20 Å². The summed E-state index contributed by atoms with van der Waals surface area (Å²) in [5, 5.41) is 8.18. The average molecular weight is 401 g/mol. The van der Waals surface area contributed by atoms with Crippen molar-refractivity contribution in [3.8, 4) is 0 Å². The molecule has 5 nitrogen and oxygen atoms in total. The first-order valence-electron chi connectivity index (χ1n) is 10.5. The topological polar surface area (TPSA) is 52.2 Å². The van der Waals surface area contributed by atoms with Gasteiger partial charge in [-0.2, -0.15) is 5.10 Å². The van der Waals surface area contributed by atoms with E-state index in [2.05, 4.69) is 21.2 Å². The Hall–Kier alpha value is -1.85. The molecule has 4 rings (SSSR count). The molecule has 1 aromatic heterocycles. The van der Waals surface area contributed by atoms with E-state index in [0.29, 0.717) is 5.92 Å². The van der Waals surface area contributed by atoms with Crippen LogP contribution < -0.4 is 0 Å². The van der Waals surface area contributed by atoms with Crippen molar-refractivity contribution < 1.29 is 4.79 Å². The number of hydrogen-bond donors (Lipinski definition) is 1. The minimum Gasteiger partial charge on any atom is -0.339 e. The fourth-order valence-corrected chi connectivity index (χ4v) is 4.71. The van der Waals surface area contributed by atoms with Gasteiger partial charge in [0.2, 0.25) is 0 Å². The first kappa shape index (κ1) is 19.5. The summed E-state index contributed by atoms with van der Waals surface area (Å²) in [5.74, 6) is 0.538. The van der Waals surface area contributed by atoms with Crippen molar-refractivity contribution in [2.24, 2.45) is 0 Å². The van der Waals surface area contributed by atoms with E-state index in [9.17, 15) is 4.79 Å². The zero-order valence-corrected chi connectivity index (χ0v) is 17.1. The quantitative estimate of drug-likeness (QED) is 0.824. The van der Waals surface area contributed by atoms with Crippen LogP contribution in [0.2, 0.25) is 5.02 Å². The second-order valence-electron chi connectivity index (χ2n) is 8.08. The molecule has 2 aromatic rings. The summed E-state index contributed by atoms with van der Waals surface area (Å²) in [6, 6.07) is 8.10. The third kappa shape index (κ3) is 4.58. The first-order chi connectivity index (χ1) is 13.7. The van der Waals surface area contributed by atoms with Gasteiger partial charge in [-0.05, 0) is 56.5 Å². The van der Waals surface area contributed by atoms with Crippen LogP contribution in [0.5, 0.6) is 0 Å². The molecule has 2 aliphatic heterocycles. The van der Waals surface area contributed by atoms with Crippen LogP contribution in [-0.4, -0.2) is 52.1 Å². The van der Waals surface area contributed by atoms with Gasteiger partial charge in [-0.1, -0.05) is 36.6 Å². The van der Waals surface area contributed by atoms with Gasteiger partial charge in [0.25, 0.3) is 5.91 Å². The maximum Gasteiger partial charge on any atom is 0.257 e. The molecule has 0 unspecified atom stereocenters. The molecule has 0 radical (unpaired) electrons. The molecular formula is C22H29ClN4O. The molecule has 0 aliphatic carbocycles. The van der Waals surface area contributed by atoms with Crippen LogP contribution >= 0.6 is 11.6 Å². The number of likely N-dealkylation sites (tertiary alicyclic amines) is 2. The molecule has 28 heavy (non-hydrogen) atoms. The first-order valence-corrected chi connectivity index (χ1v) is 10.9. The van der Waals surface area contributed by atoms with E-state index in [-0.39, 0.29) is 5.91 Å². The zero-order chi connectivity index (χ0) is 19.3. The van der Waals surface area contributed by atoms with Gasteiger partial charge < -0.3 is 4.90 Å². The fourth-order valence-electron chi connectivity index (χ4n) is 4.50. The zero-order valence-electron chi connectivity index (χ0n) is 16.4. The SMILES string of the molecule is O=C(c1cn[nH]c1C1CCN(Cc2cccc(Cl)c2)CC1)N1CCCCCC1. The predicted molar refractivity (Wildman–Crippen MR) is 112 cm³/mol. The summed E-state index contributed by atoms with van der Waals surface area (Å²) in [7, 11) is 0. The smallest absolute Gasteiger partial charge is 0.257 e. The normalized spacial score (nSPS) is 19.5. The summed E-state index contributed by atoms with van der Waals surface area (Å²) in [5.41, 5.74) is 3.08. The average Bonchev–Trinajstić information content (AvgIpc) is 3.03. The van der Waals surface area contributed by atoms with Crippen LogP contribution in [-0.2, 0) is 6.54 Å². The molecule has 1 aromatic carbocycles. The van der Waals surface area contributed by atoms with Crippen molar-refractivity contribution in [2.75, 3.05) is 26.2 Å². The minimum atomic E-state index is 0.159. The highest BCUT2D eigenvalue weighted by molar-refractivity contribution is 6.30. The van der Waals surface area contributed by atoms with Crippen LogP contribution in [0, 0.1) is 0 Å². The van der Waals surface area contributed by atoms with Crippen molar-refractivity contribution >= 4 is 17.5 Å². The Morgan fingerprint density at radius 2 is 1.86 bits per heavy atom. The van der Waals surface area contributed by atoms with Crippen LogP contribution in [0.4, 0.5) is 0 Å². The lowest BCUT2D eigenvalue weighted by Gasteiger charge is -2.32. The number of halogens is 1. The molecule has 0 saturated carbocycles. The van der Waals surface area contributed by atoms with E-state index in [4.69, 9.17) is 11.6 Å². The van der Waals surface area contributed by atoms with Gasteiger partial charge in [0.15, 0.2) is 0 Å². The second kappa shape index (κ2) is 9.10. The lowest BCUT2D eigenvalue weighted by atomic mass is 9.91. The highest BCUT2D eigenvalue weighted by atomic mass is 35.5. The Balaban J connectivity index is 1.37. The van der Waals surface area contributed by atoms with Gasteiger partial charge in [-0.15, -0.1) is 0 Å². The Morgan fingerprint density at radius 3 is 2.57 bits per heavy atom. The second-order valence-corrected chi connectivity index (χ2v) is 8.52. The number of piperidine rings is 1. The van der Waals surface area contributed by atoms with Crippen LogP contribution in [0.15, 0.2) is 30.5 Å². The third-order valence-electron chi connectivity index (χ3n) is 6.08. The lowest BCUT2D eigenvalue weighted by Crippen LogP contribution is -2.35. The molecular weight excluding hydrogens is 372 g/mol. The van der Waals surface area contributed by atoms with Gasteiger partial charge in [0.1, 0.15) is 0 Å². The fraction of sp³-hybridized carbons (Fsp3) is 0.545. The van der Waals surface area contributed by atoms with Gasteiger partial charge >= 0.3 is 0 Å². The van der Waals surface area contributed by atoms with Crippen LogP contribution in [0.25, 0.3) is 0 Å². The number of carbonyl (C=O) groups is 1. The number of rotatable bonds is 4. The van der Waals surface area contributed by atoms with E-state index >= 15 is 0 Å². The minimum absolute atomic E-state index is 0.159. The number of amides is 1. The molecule has 2 fully saturated rings. The van der Waals surface area contributed by atoms with E-state index < -0.39 is 0 Å². The molecule has 6 heteroatoms. The van der Waals surface area contributed by atoms with Crippen molar-refractivity contribution in [1.82, 2.24) is 20.0 Å². The summed E-state index contributed by atoms with van der Waals surface area (Å²) in [4.78, 5) is 17.5. The summed E-state index contributed by atoms with van der Waals surface area (Å²) in [6.45, 7) is 4.72. The summed E-state index contributed by atoms with van der Waals surface area (Å²) < 4.78 is 0. The van der Waals surface area contributed by atoms with E-state index in [1.807, 2.05) is 23.1 Å². The number of carbonyl (C=O) groups excluding carboxylic acids is 1. The predicted octanol–water partition coefficient (Wildman–Crippen LogP) is 4.46. The molecule has 0 spiro atoms. The Kier molecular flexibility index (Phi) is 6.33. The van der Waals surface area contributed by atoms with Crippen molar-refractivity contribution in [2.45, 2.75) is 51.0 Å². The number of benzene rings is 1. The summed E-state index contributed by atoms with van der Waals surface area (Å²) >= 11 is 6.11. The Labute approximate surface area is 172 Å². The monoisotopic (exact) mass is 400 g/mol. The molecule has 2 saturated heterocycles. The number of nitrogens with zero attached hydrogens (tertiary/aromatic N) is 3. The molecule has 2 aliphatic rings. The highest BCUT2D eigenvalue weighted by Gasteiger charge is 2.28. The maximum atomic E-state index is 13.1. The molecule has 3 heterocycles. The van der Waals surface area contributed by atoms with Crippen molar-refractivity contribution in [1.29, 1.82) is 0 Å². The number of aromatic amines is 1. The van der Waals surface area contributed by atoms with Crippen LogP contribution in [0.1, 0.15) is 66.1 Å². The summed E-state index contributed by atoms with van der Waals surface area (Å²) in [6.07, 6.45) is 8.51. The van der Waals surface area contributed by atoms with Crippen molar-refractivity contribution in [3.63, 3.8) is 0 Å². The third-order valence-corrected chi connectivity index (χ3v) is 6.32. The van der Waals surface area contributed by atoms with Crippen LogP contribution in [0.3, 0.4) is 0 Å². The number of hydrogen-bond acceptors (Lipinski definition) is 3. The largest absolute Gasteiger partial charge is 0.339 e. The lowest BCUT2D eigenvalue weighted by molar-refractivity contribution is 0.0759. The van der Waals surface area contributed by atoms with Gasteiger partial charge in [-0.25, -0.2) is 0 Å². The molecule has 150 valence electrons. The van der Waals surface area contributed by atoms with E-state index in [1.165, 1.54) is 18.4 Å². The van der Waals surface area contributed by atoms with Gasteiger partial charge in [0.05, 0.1) is 17.5 Å². The number of nitrogens with one attached hydrogen (secondary N) is 1. The number of H-pyrrole nitrogens is 1.